The predicted octanol–water partition coefficient (Wildman–Crippen LogP) is 3.16. The van der Waals surface area contributed by atoms with Crippen molar-refractivity contribution < 1.29 is 14.3 Å². The third kappa shape index (κ3) is 2.82. The highest BCUT2D eigenvalue weighted by atomic mass is 19.1. The molecular weight excluding hydrogens is 247 g/mol. The molecule has 2 aromatic carbocycles. The molecule has 5 heteroatoms. The van der Waals surface area contributed by atoms with Crippen molar-refractivity contribution in [3.05, 3.63) is 53.3 Å². The first kappa shape index (κ1) is 12.9. The largest absolute Gasteiger partial charge is 0.478 e. The van der Waals surface area contributed by atoms with Gasteiger partial charge in [0.05, 0.1) is 11.3 Å². The number of anilines is 3. The summed E-state index contributed by atoms with van der Waals surface area (Å²) < 4.78 is 13.7. The highest BCUT2D eigenvalue weighted by molar-refractivity contribution is 5.94. The topological polar surface area (TPSA) is 75.3 Å². The highest BCUT2D eigenvalue weighted by Gasteiger charge is 2.09. The Labute approximate surface area is 109 Å². The molecule has 0 aromatic heterocycles. The van der Waals surface area contributed by atoms with Gasteiger partial charge in [-0.25, -0.2) is 9.18 Å². The molecule has 4 N–H and O–H groups in total. The van der Waals surface area contributed by atoms with E-state index in [2.05, 4.69) is 5.32 Å². The monoisotopic (exact) mass is 260 g/mol. The van der Waals surface area contributed by atoms with Crippen molar-refractivity contribution in [1.29, 1.82) is 0 Å². The summed E-state index contributed by atoms with van der Waals surface area (Å²) in [5, 5.41) is 11.7. The summed E-state index contributed by atoms with van der Waals surface area (Å²) in [6.07, 6.45) is 0. The first-order valence-electron chi connectivity index (χ1n) is 5.63. The van der Waals surface area contributed by atoms with Crippen LogP contribution in [-0.4, -0.2) is 11.1 Å². The molecule has 2 aromatic rings. The average molecular weight is 260 g/mol. The lowest BCUT2D eigenvalue weighted by Gasteiger charge is -2.10. The lowest BCUT2D eigenvalue weighted by Crippen LogP contribution is -2.03. The van der Waals surface area contributed by atoms with E-state index < -0.39 is 5.97 Å². The molecule has 0 amide bonds. The van der Waals surface area contributed by atoms with Crippen LogP contribution in [0.3, 0.4) is 0 Å². The third-order valence-electron chi connectivity index (χ3n) is 2.69. The molecule has 0 heterocycles. The molecule has 0 fully saturated rings. The van der Waals surface area contributed by atoms with Gasteiger partial charge in [-0.05, 0) is 42.8 Å². The molecular formula is C14H13FN2O2. The van der Waals surface area contributed by atoms with E-state index in [1.165, 1.54) is 18.2 Å². The van der Waals surface area contributed by atoms with Gasteiger partial charge >= 0.3 is 5.97 Å². The fourth-order valence-electron chi connectivity index (χ4n) is 1.71. The fourth-order valence-corrected chi connectivity index (χ4v) is 1.71. The molecule has 0 bridgehead atoms. The van der Waals surface area contributed by atoms with Crippen LogP contribution < -0.4 is 11.1 Å². The number of carboxylic acids is 1. The van der Waals surface area contributed by atoms with Crippen molar-refractivity contribution in [3.63, 3.8) is 0 Å². The number of hydrogen-bond donors (Lipinski definition) is 3. The average Bonchev–Trinajstić information content (AvgIpc) is 2.32. The number of carbonyl (C=O) groups is 1. The summed E-state index contributed by atoms with van der Waals surface area (Å²) in [7, 11) is 0. The molecule has 19 heavy (non-hydrogen) atoms. The first-order valence-corrected chi connectivity index (χ1v) is 5.63. The second-order valence-electron chi connectivity index (χ2n) is 4.22. The number of nitrogens with one attached hydrogen (secondary N) is 1. The Morgan fingerprint density at radius 1 is 1.26 bits per heavy atom. The molecule has 0 aliphatic rings. The Morgan fingerprint density at radius 2 is 2.00 bits per heavy atom. The van der Waals surface area contributed by atoms with Crippen molar-refractivity contribution in [1.82, 2.24) is 0 Å². The van der Waals surface area contributed by atoms with Gasteiger partial charge in [0.25, 0.3) is 0 Å². The van der Waals surface area contributed by atoms with Crippen LogP contribution >= 0.6 is 0 Å². The molecule has 0 radical (unpaired) electrons. The molecule has 98 valence electrons. The van der Waals surface area contributed by atoms with E-state index in [4.69, 9.17) is 10.8 Å². The minimum absolute atomic E-state index is 0.0231. The van der Waals surface area contributed by atoms with Crippen LogP contribution in [0.2, 0.25) is 0 Å². The molecule has 0 saturated heterocycles. The van der Waals surface area contributed by atoms with Crippen LogP contribution in [0.15, 0.2) is 36.4 Å². The summed E-state index contributed by atoms with van der Waals surface area (Å²) in [5.41, 5.74) is 7.44. The lowest BCUT2D eigenvalue weighted by molar-refractivity contribution is 0.0698. The van der Waals surface area contributed by atoms with Crippen molar-refractivity contribution >= 4 is 23.0 Å². The standard InChI is InChI=1S/C14H13FN2O2/c1-8-2-5-13(11(15)6-8)17-9-3-4-10(14(18)19)12(16)7-9/h2-7,17H,16H2,1H3,(H,18,19). The zero-order valence-electron chi connectivity index (χ0n) is 10.3. The van der Waals surface area contributed by atoms with Crippen LogP contribution in [0, 0.1) is 12.7 Å². The second-order valence-corrected chi connectivity index (χ2v) is 4.22. The first-order chi connectivity index (χ1) is 8.97. The van der Waals surface area contributed by atoms with Gasteiger partial charge in [-0.15, -0.1) is 0 Å². The van der Waals surface area contributed by atoms with Crippen molar-refractivity contribution in [2.24, 2.45) is 0 Å². The SMILES string of the molecule is Cc1ccc(Nc2ccc(C(=O)O)c(N)c2)c(F)c1. The third-order valence-corrected chi connectivity index (χ3v) is 2.69. The predicted molar refractivity (Wildman–Crippen MR) is 72.2 cm³/mol. The van der Waals surface area contributed by atoms with Gasteiger partial charge in [-0.3, -0.25) is 0 Å². The molecule has 2 rings (SSSR count). The molecule has 0 atom stereocenters. The Kier molecular flexibility index (Phi) is 3.37. The fraction of sp³-hybridized carbons (Fsp3) is 0.0714. The zero-order chi connectivity index (χ0) is 14.0. The molecule has 0 aliphatic carbocycles. The van der Waals surface area contributed by atoms with E-state index in [-0.39, 0.29) is 17.1 Å². The van der Waals surface area contributed by atoms with Gasteiger partial charge in [-0.1, -0.05) is 6.07 Å². The summed E-state index contributed by atoms with van der Waals surface area (Å²) in [6, 6.07) is 9.19. The summed E-state index contributed by atoms with van der Waals surface area (Å²) in [6.45, 7) is 1.80. The molecule has 0 spiro atoms. The maximum Gasteiger partial charge on any atom is 0.337 e. The Bertz CT molecular complexity index is 641. The van der Waals surface area contributed by atoms with Crippen molar-refractivity contribution in [2.45, 2.75) is 6.92 Å². The maximum absolute atomic E-state index is 13.7. The highest BCUT2D eigenvalue weighted by Crippen LogP contribution is 2.24. The Hall–Kier alpha value is -2.56. The number of halogens is 1. The summed E-state index contributed by atoms with van der Waals surface area (Å²) in [5.74, 6) is -1.47. The van der Waals surface area contributed by atoms with Crippen molar-refractivity contribution in [2.75, 3.05) is 11.1 Å². The summed E-state index contributed by atoms with van der Waals surface area (Å²) >= 11 is 0. The lowest BCUT2D eigenvalue weighted by atomic mass is 10.1. The molecule has 0 aliphatic heterocycles. The minimum Gasteiger partial charge on any atom is -0.478 e. The van der Waals surface area contributed by atoms with Gasteiger partial charge in [-0.2, -0.15) is 0 Å². The number of aryl methyl sites for hydroxylation is 1. The normalized spacial score (nSPS) is 10.2. The van der Waals surface area contributed by atoms with E-state index in [0.29, 0.717) is 11.4 Å². The number of hydrogen-bond acceptors (Lipinski definition) is 3. The minimum atomic E-state index is -1.09. The van der Waals surface area contributed by atoms with Crippen LogP contribution in [0.4, 0.5) is 21.5 Å². The van der Waals surface area contributed by atoms with E-state index in [9.17, 15) is 9.18 Å². The number of benzene rings is 2. The van der Waals surface area contributed by atoms with Crippen molar-refractivity contribution in [3.8, 4) is 0 Å². The van der Waals surface area contributed by atoms with Gasteiger partial charge in [0.15, 0.2) is 0 Å². The van der Waals surface area contributed by atoms with Crippen LogP contribution in [0.1, 0.15) is 15.9 Å². The van der Waals surface area contributed by atoms with Gasteiger partial charge < -0.3 is 16.2 Å². The van der Waals surface area contributed by atoms with Gasteiger partial charge in [0, 0.05) is 11.4 Å². The van der Waals surface area contributed by atoms with E-state index in [0.717, 1.165) is 5.56 Å². The quantitative estimate of drug-likeness (QED) is 0.741. The molecule has 0 unspecified atom stereocenters. The molecule has 0 saturated carbocycles. The van der Waals surface area contributed by atoms with Crippen LogP contribution in [0.25, 0.3) is 0 Å². The Morgan fingerprint density at radius 3 is 2.58 bits per heavy atom. The number of nitrogen functional groups attached to an aromatic ring is 1. The van der Waals surface area contributed by atoms with Crippen LogP contribution in [0.5, 0.6) is 0 Å². The van der Waals surface area contributed by atoms with E-state index in [1.807, 2.05) is 0 Å². The Balaban J connectivity index is 2.29. The number of nitrogens with two attached hydrogens (primary N) is 1. The number of aromatic carboxylic acids is 1. The summed E-state index contributed by atoms with van der Waals surface area (Å²) in [4.78, 5) is 10.8. The van der Waals surface area contributed by atoms with E-state index >= 15 is 0 Å². The zero-order valence-corrected chi connectivity index (χ0v) is 10.3. The smallest absolute Gasteiger partial charge is 0.337 e. The van der Waals surface area contributed by atoms with Gasteiger partial charge in [0.2, 0.25) is 0 Å². The van der Waals surface area contributed by atoms with Gasteiger partial charge in [0.1, 0.15) is 5.82 Å². The van der Waals surface area contributed by atoms with E-state index in [1.54, 1.807) is 25.1 Å². The number of carboxylic acid groups (broad SMARTS) is 1. The second kappa shape index (κ2) is 4.97. The number of rotatable bonds is 3. The maximum atomic E-state index is 13.7. The molecule has 4 nitrogen and oxygen atoms in total. The van der Waals surface area contributed by atoms with Crippen LogP contribution in [-0.2, 0) is 0 Å².